The minimum atomic E-state index is -0.694. The molecule has 1 unspecified atom stereocenters. The van der Waals surface area contributed by atoms with E-state index in [0.717, 1.165) is 23.1 Å². The van der Waals surface area contributed by atoms with Crippen LogP contribution in [0.25, 0.3) is 5.76 Å². The molecule has 0 bridgehead atoms. The van der Waals surface area contributed by atoms with E-state index >= 15 is 0 Å². The van der Waals surface area contributed by atoms with Crippen molar-refractivity contribution in [2.24, 2.45) is 0 Å². The van der Waals surface area contributed by atoms with Crippen molar-refractivity contribution in [3.8, 4) is 0 Å². The molecule has 0 aliphatic carbocycles. The van der Waals surface area contributed by atoms with Crippen molar-refractivity contribution in [1.29, 1.82) is 0 Å². The van der Waals surface area contributed by atoms with Crippen LogP contribution in [-0.2, 0) is 16.0 Å². The Morgan fingerprint density at radius 3 is 2.13 bits per heavy atom. The number of hydrogen-bond acceptors (Lipinski definition) is 3. The summed E-state index contributed by atoms with van der Waals surface area (Å²) < 4.78 is 0. The second kappa shape index (κ2) is 7.99. The molecule has 1 fully saturated rings. The lowest BCUT2D eigenvalue weighted by Crippen LogP contribution is -2.29. The van der Waals surface area contributed by atoms with Crippen LogP contribution in [0.2, 0.25) is 0 Å². The Labute approximate surface area is 176 Å². The van der Waals surface area contributed by atoms with Crippen molar-refractivity contribution in [2.75, 3.05) is 4.90 Å². The number of nitrogens with zero attached hydrogens (tertiary/aromatic N) is 1. The first-order valence-corrected chi connectivity index (χ1v) is 10.0. The fraction of sp³-hybridized carbons (Fsp3) is 0.154. The number of carbonyl (C=O) groups excluding carboxylic acids is 2. The Morgan fingerprint density at radius 2 is 1.53 bits per heavy atom. The second-order valence-electron chi connectivity index (χ2n) is 7.47. The van der Waals surface area contributed by atoms with Crippen LogP contribution in [0.15, 0.2) is 84.4 Å². The van der Waals surface area contributed by atoms with E-state index in [9.17, 15) is 14.7 Å². The molecule has 0 aromatic heterocycles. The van der Waals surface area contributed by atoms with Gasteiger partial charge < -0.3 is 5.11 Å². The van der Waals surface area contributed by atoms with Crippen LogP contribution in [0.5, 0.6) is 0 Å². The van der Waals surface area contributed by atoms with Crippen LogP contribution in [0, 0.1) is 6.92 Å². The summed E-state index contributed by atoms with van der Waals surface area (Å²) in [4.78, 5) is 27.6. The molecule has 1 amide bonds. The first-order chi connectivity index (χ1) is 14.5. The van der Waals surface area contributed by atoms with E-state index in [1.165, 1.54) is 4.90 Å². The van der Waals surface area contributed by atoms with Gasteiger partial charge in [0.1, 0.15) is 5.76 Å². The number of benzene rings is 3. The molecular weight excluding hydrogens is 374 g/mol. The van der Waals surface area contributed by atoms with E-state index in [1.807, 2.05) is 73.7 Å². The third-order valence-electron chi connectivity index (χ3n) is 5.51. The smallest absolute Gasteiger partial charge is 0.300 e. The van der Waals surface area contributed by atoms with Gasteiger partial charge in [-0.2, -0.15) is 0 Å². The number of anilines is 1. The van der Waals surface area contributed by atoms with E-state index in [4.69, 9.17) is 0 Å². The second-order valence-corrected chi connectivity index (χ2v) is 7.47. The molecule has 1 aliphatic rings. The highest BCUT2D eigenvalue weighted by Gasteiger charge is 2.46. The lowest BCUT2D eigenvalue weighted by atomic mass is 9.95. The molecule has 30 heavy (non-hydrogen) atoms. The molecular formula is C26H23NO3. The SMILES string of the molecule is CCc1ccc(N2C(=O)C(=O)/C(=C(/O)c3ccc(C)cc3)C2c2ccccc2)cc1. The zero-order valence-electron chi connectivity index (χ0n) is 17.0. The molecule has 4 nitrogen and oxygen atoms in total. The molecule has 4 rings (SSSR count). The van der Waals surface area contributed by atoms with Gasteiger partial charge in [0.05, 0.1) is 11.6 Å². The summed E-state index contributed by atoms with van der Waals surface area (Å²) >= 11 is 0. The standard InChI is InChI=1S/C26H23NO3/c1-3-18-11-15-21(16-12-18)27-23(19-7-5-4-6-8-19)22(25(29)26(27)30)24(28)20-13-9-17(2)10-14-20/h4-16,23,28H,3H2,1-2H3/b24-22+. The van der Waals surface area contributed by atoms with Gasteiger partial charge in [-0.1, -0.05) is 79.2 Å². The Hall–Kier alpha value is -3.66. The highest BCUT2D eigenvalue weighted by Crippen LogP contribution is 2.42. The first-order valence-electron chi connectivity index (χ1n) is 10.0. The van der Waals surface area contributed by atoms with Crippen molar-refractivity contribution < 1.29 is 14.7 Å². The molecule has 0 radical (unpaired) electrons. The normalized spacial score (nSPS) is 18.1. The molecule has 1 saturated heterocycles. The van der Waals surface area contributed by atoms with Crippen molar-refractivity contribution in [1.82, 2.24) is 0 Å². The average Bonchev–Trinajstić information content (AvgIpc) is 3.05. The number of carbonyl (C=O) groups is 2. The van der Waals surface area contributed by atoms with Crippen molar-refractivity contribution in [3.05, 3.63) is 107 Å². The number of Topliss-reactive ketones (excluding diaryl/α,β-unsaturated/α-hetero) is 1. The summed E-state index contributed by atoms with van der Waals surface area (Å²) in [5, 5.41) is 11.1. The van der Waals surface area contributed by atoms with Crippen molar-refractivity contribution in [3.63, 3.8) is 0 Å². The monoisotopic (exact) mass is 397 g/mol. The molecule has 4 heteroatoms. The molecule has 150 valence electrons. The molecule has 1 N–H and O–H groups in total. The van der Waals surface area contributed by atoms with E-state index in [-0.39, 0.29) is 11.3 Å². The summed E-state index contributed by atoms with van der Waals surface area (Å²) in [5.74, 6) is -1.47. The van der Waals surface area contributed by atoms with Gasteiger partial charge in [-0.25, -0.2) is 0 Å². The maximum absolute atomic E-state index is 13.1. The van der Waals surface area contributed by atoms with Crippen LogP contribution >= 0.6 is 0 Å². The third kappa shape index (κ3) is 3.41. The van der Waals surface area contributed by atoms with Gasteiger partial charge in [0.15, 0.2) is 0 Å². The summed E-state index contributed by atoms with van der Waals surface area (Å²) in [7, 11) is 0. The topological polar surface area (TPSA) is 57.6 Å². The summed E-state index contributed by atoms with van der Waals surface area (Å²) in [6.45, 7) is 4.01. The number of rotatable bonds is 4. The van der Waals surface area contributed by atoms with Gasteiger partial charge >= 0.3 is 0 Å². The highest BCUT2D eigenvalue weighted by molar-refractivity contribution is 6.51. The van der Waals surface area contributed by atoms with Crippen LogP contribution in [-0.4, -0.2) is 16.8 Å². The first kappa shape index (κ1) is 19.6. The van der Waals surface area contributed by atoms with E-state index < -0.39 is 17.7 Å². The van der Waals surface area contributed by atoms with Crippen LogP contribution in [0.3, 0.4) is 0 Å². The fourth-order valence-electron chi connectivity index (χ4n) is 3.81. The fourth-order valence-corrected chi connectivity index (χ4v) is 3.81. The number of hydrogen-bond donors (Lipinski definition) is 1. The van der Waals surface area contributed by atoms with Gasteiger partial charge in [0, 0.05) is 11.3 Å². The minimum Gasteiger partial charge on any atom is -0.507 e. The third-order valence-corrected chi connectivity index (χ3v) is 5.51. The molecule has 1 atom stereocenters. The predicted molar refractivity (Wildman–Crippen MR) is 118 cm³/mol. The van der Waals surface area contributed by atoms with E-state index in [0.29, 0.717) is 11.3 Å². The summed E-state index contributed by atoms with van der Waals surface area (Å²) in [6, 6.07) is 23.5. The molecule has 3 aromatic rings. The zero-order valence-corrected chi connectivity index (χ0v) is 17.0. The highest BCUT2D eigenvalue weighted by atomic mass is 16.3. The molecule has 1 aliphatic heterocycles. The van der Waals surface area contributed by atoms with Gasteiger partial charge in [-0.05, 0) is 36.6 Å². The predicted octanol–water partition coefficient (Wildman–Crippen LogP) is 5.18. The van der Waals surface area contributed by atoms with Crippen molar-refractivity contribution in [2.45, 2.75) is 26.3 Å². The van der Waals surface area contributed by atoms with Crippen LogP contribution in [0.1, 0.15) is 35.2 Å². The Bertz CT molecular complexity index is 1110. The number of aryl methyl sites for hydroxylation is 2. The minimum absolute atomic E-state index is 0.106. The number of aliphatic hydroxyl groups is 1. The molecule has 3 aromatic carbocycles. The van der Waals surface area contributed by atoms with Crippen LogP contribution < -0.4 is 4.90 Å². The molecule has 0 spiro atoms. The number of amides is 1. The number of ketones is 1. The maximum atomic E-state index is 13.1. The quantitative estimate of drug-likeness (QED) is 0.375. The van der Waals surface area contributed by atoms with Gasteiger partial charge in [0.2, 0.25) is 0 Å². The Morgan fingerprint density at radius 1 is 0.900 bits per heavy atom. The average molecular weight is 397 g/mol. The van der Waals surface area contributed by atoms with Gasteiger partial charge in [0.25, 0.3) is 11.7 Å². The largest absolute Gasteiger partial charge is 0.507 e. The Kier molecular flexibility index (Phi) is 5.23. The Balaban J connectivity index is 1.90. The number of aliphatic hydroxyl groups excluding tert-OH is 1. The van der Waals surface area contributed by atoms with Gasteiger partial charge in [-0.15, -0.1) is 0 Å². The molecule has 0 saturated carbocycles. The van der Waals surface area contributed by atoms with E-state index in [1.54, 1.807) is 12.1 Å². The van der Waals surface area contributed by atoms with E-state index in [2.05, 4.69) is 6.92 Å². The maximum Gasteiger partial charge on any atom is 0.300 e. The zero-order chi connectivity index (χ0) is 21.3. The summed E-state index contributed by atoms with van der Waals surface area (Å²) in [5.41, 5.74) is 4.21. The summed E-state index contributed by atoms with van der Waals surface area (Å²) in [6.07, 6.45) is 0.884. The van der Waals surface area contributed by atoms with Gasteiger partial charge in [-0.3, -0.25) is 14.5 Å². The van der Waals surface area contributed by atoms with Crippen LogP contribution in [0.4, 0.5) is 5.69 Å². The molecule has 1 heterocycles. The lowest BCUT2D eigenvalue weighted by molar-refractivity contribution is -0.132. The lowest BCUT2D eigenvalue weighted by Gasteiger charge is -2.25. The van der Waals surface area contributed by atoms with Crippen molar-refractivity contribution >= 4 is 23.1 Å².